The van der Waals surface area contributed by atoms with Gasteiger partial charge < -0.3 is 4.74 Å². The van der Waals surface area contributed by atoms with Crippen LogP contribution in [0.3, 0.4) is 0 Å². The normalized spacial score (nSPS) is 10.7. The minimum absolute atomic E-state index is 0.162. The van der Waals surface area contributed by atoms with Gasteiger partial charge in [0.25, 0.3) is 10.0 Å². The predicted molar refractivity (Wildman–Crippen MR) is 111 cm³/mol. The maximum Gasteiger partial charge on any atom is 0.306 e. The first kappa shape index (κ1) is 21.8. The highest BCUT2D eigenvalue weighted by Crippen LogP contribution is 2.23. The lowest BCUT2D eigenvalue weighted by Gasteiger charge is -2.11. The first-order valence-electron chi connectivity index (χ1n) is 8.82. The molecule has 0 aromatic heterocycles. The van der Waals surface area contributed by atoms with Crippen LogP contribution in [-0.2, 0) is 26.0 Å². The highest BCUT2D eigenvalue weighted by Gasteiger charge is 2.16. The maximum absolute atomic E-state index is 12.7. The van der Waals surface area contributed by atoms with Gasteiger partial charge in [0.2, 0.25) is 0 Å². The zero-order valence-electron chi connectivity index (χ0n) is 15.8. The zero-order chi connectivity index (χ0) is 20.6. The fourth-order valence-corrected chi connectivity index (χ4v) is 3.71. The third-order valence-electron chi connectivity index (χ3n) is 3.90. The molecule has 0 bridgehead atoms. The fourth-order valence-electron chi connectivity index (χ4n) is 2.46. The summed E-state index contributed by atoms with van der Waals surface area (Å²) in [6.45, 7) is 2.07. The summed E-state index contributed by atoms with van der Waals surface area (Å²) in [5, 5.41) is 0.434. The number of methoxy groups -OCH3 is 1. The number of aryl methyl sites for hydroxylation is 1. The molecule has 0 aliphatic carbocycles. The van der Waals surface area contributed by atoms with Crippen molar-refractivity contribution in [2.75, 3.05) is 11.8 Å². The van der Waals surface area contributed by atoms with Gasteiger partial charge in [-0.3, -0.25) is 9.52 Å². The number of carbonyl (C=O) groups is 1. The first-order valence-corrected chi connectivity index (χ1v) is 10.7. The Bertz CT molecular complexity index is 989. The molecule has 1 N–H and O–H groups in total. The van der Waals surface area contributed by atoms with E-state index in [9.17, 15) is 13.2 Å². The number of hydrogen-bond acceptors (Lipinski definition) is 4. The van der Waals surface area contributed by atoms with E-state index in [-0.39, 0.29) is 17.3 Å². The average Bonchev–Trinajstić information content (AvgIpc) is 2.67. The van der Waals surface area contributed by atoms with E-state index in [1.54, 1.807) is 30.3 Å². The Morgan fingerprint density at radius 3 is 2.54 bits per heavy atom. The summed E-state index contributed by atoms with van der Waals surface area (Å²) < 4.78 is 32.6. The number of hydrogen-bond donors (Lipinski definition) is 1. The van der Waals surface area contributed by atoms with Crippen LogP contribution in [0.25, 0.3) is 0 Å². The Kier molecular flexibility index (Phi) is 7.91. The molecule has 0 aliphatic rings. The van der Waals surface area contributed by atoms with E-state index in [4.69, 9.17) is 11.6 Å². The monoisotopic (exact) mass is 419 g/mol. The van der Waals surface area contributed by atoms with E-state index >= 15 is 0 Å². The molecule has 28 heavy (non-hydrogen) atoms. The van der Waals surface area contributed by atoms with Crippen molar-refractivity contribution in [1.29, 1.82) is 0 Å². The van der Waals surface area contributed by atoms with Gasteiger partial charge in [0.05, 0.1) is 29.7 Å². The van der Waals surface area contributed by atoms with Gasteiger partial charge in [0, 0.05) is 11.4 Å². The van der Waals surface area contributed by atoms with Crippen LogP contribution in [0.1, 0.15) is 37.3 Å². The second-order valence-electron chi connectivity index (χ2n) is 6.07. The molecule has 2 aromatic rings. The molecule has 2 aromatic carbocycles. The van der Waals surface area contributed by atoms with Crippen molar-refractivity contribution < 1.29 is 17.9 Å². The first-order chi connectivity index (χ1) is 13.4. The van der Waals surface area contributed by atoms with Crippen molar-refractivity contribution >= 4 is 33.3 Å². The van der Waals surface area contributed by atoms with Crippen molar-refractivity contribution in [2.24, 2.45) is 0 Å². The Labute approximate surface area is 171 Å². The predicted octanol–water partition coefficient (Wildman–Crippen LogP) is 4.40. The third-order valence-corrected chi connectivity index (χ3v) is 5.52. The number of anilines is 1. The van der Waals surface area contributed by atoms with Crippen LogP contribution >= 0.6 is 11.6 Å². The molecular formula is C21H22ClNO4S. The Hall–Kier alpha value is -2.49. The summed E-state index contributed by atoms with van der Waals surface area (Å²) in [4.78, 5) is 11.3. The molecular weight excluding hydrogens is 398 g/mol. The largest absolute Gasteiger partial charge is 0.469 e. The molecule has 2 rings (SSSR count). The smallest absolute Gasteiger partial charge is 0.306 e. The van der Waals surface area contributed by atoms with E-state index in [1.807, 2.05) is 12.1 Å². The summed E-state index contributed by atoms with van der Waals surface area (Å²) in [5.74, 6) is 5.35. The van der Waals surface area contributed by atoms with E-state index in [2.05, 4.69) is 28.2 Å². The van der Waals surface area contributed by atoms with Gasteiger partial charge >= 0.3 is 5.97 Å². The minimum atomic E-state index is -3.76. The number of rotatable bonds is 7. The van der Waals surface area contributed by atoms with Gasteiger partial charge in [-0.15, -0.1) is 0 Å². The molecule has 0 unspecified atom stereocenters. The van der Waals surface area contributed by atoms with Gasteiger partial charge in [-0.1, -0.05) is 48.9 Å². The van der Waals surface area contributed by atoms with Crippen molar-refractivity contribution in [2.45, 2.75) is 37.5 Å². The highest BCUT2D eigenvalue weighted by atomic mass is 35.5. The van der Waals surface area contributed by atoms with Gasteiger partial charge in [0.15, 0.2) is 0 Å². The number of halogens is 1. The molecule has 0 spiro atoms. The van der Waals surface area contributed by atoms with Crippen molar-refractivity contribution in [3.05, 3.63) is 58.6 Å². The molecule has 0 fully saturated rings. The number of ether oxygens (including phenoxy) is 1. The summed E-state index contributed by atoms with van der Waals surface area (Å²) in [6, 6.07) is 11.5. The van der Waals surface area contributed by atoms with Crippen LogP contribution in [0.2, 0.25) is 5.02 Å². The quantitative estimate of drug-likeness (QED) is 0.533. The van der Waals surface area contributed by atoms with Gasteiger partial charge in [0.1, 0.15) is 0 Å². The average molecular weight is 420 g/mol. The van der Waals surface area contributed by atoms with Crippen LogP contribution in [0, 0.1) is 11.8 Å². The van der Waals surface area contributed by atoms with Crippen molar-refractivity contribution in [3.63, 3.8) is 0 Å². The topological polar surface area (TPSA) is 72.5 Å². The van der Waals surface area contributed by atoms with Crippen molar-refractivity contribution in [3.8, 4) is 11.8 Å². The van der Waals surface area contributed by atoms with Crippen LogP contribution < -0.4 is 4.72 Å². The molecule has 0 radical (unpaired) electrons. The van der Waals surface area contributed by atoms with Crippen LogP contribution in [0.15, 0.2) is 47.4 Å². The van der Waals surface area contributed by atoms with E-state index in [0.717, 1.165) is 18.4 Å². The molecule has 0 saturated carbocycles. The SMILES string of the molecule is CCCc1ccc(S(=O)(=O)Nc2ccc(Cl)cc2C#CCCC(=O)OC)cc1. The Morgan fingerprint density at radius 2 is 1.89 bits per heavy atom. The summed E-state index contributed by atoms with van der Waals surface area (Å²) in [7, 11) is -2.45. The maximum atomic E-state index is 12.7. The Morgan fingerprint density at radius 1 is 1.18 bits per heavy atom. The number of nitrogens with one attached hydrogen (secondary N) is 1. The van der Waals surface area contributed by atoms with Gasteiger partial charge in [-0.05, 0) is 42.3 Å². The second-order valence-corrected chi connectivity index (χ2v) is 8.19. The molecule has 0 amide bonds. The Balaban J connectivity index is 2.22. The molecule has 7 heteroatoms. The van der Waals surface area contributed by atoms with Gasteiger partial charge in [-0.2, -0.15) is 0 Å². The molecule has 0 heterocycles. The molecule has 0 atom stereocenters. The molecule has 148 valence electrons. The van der Waals surface area contributed by atoms with Crippen molar-refractivity contribution in [1.82, 2.24) is 0 Å². The van der Waals surface area contributed by atoms with Gasteiger partial charge in [-0.25, -0.2) is 8.42 Å². The van der Waals surface area contributed by atoms with Crippen LogP contribution in [-0.4, -0.2) is 21.5 Å². The zero-order valence-corrected chi connectivity index (χ0v) is 17.4. The number of esters is 1. The minimum Gasteiger partial charge on any atom is -0.469 e. The van der Waals surface area contributed by atoms with E-state index in [0.29, 0.717) is 22.7 Å². The fraction of sp³-hybridized carbons (Fsp3) is 0.286. The third kappa shape index (κ3) is 6.29. The lowest BCUT2D eigenvalue weighted by atomic mass is 10.1. The lowest BCUT2D eigenvalue weighted by Crippen LogP contribution is -2.14. The molecule has 0 saturated heterocycles. The second kappa shape index (κ2) is 10.2. The van der Waals surface area contributed by atoms with Crippen LogP contribution in [0.5, 0.6) is 0 Å². The summed E-state index contributed by atoms with van der Waals surface area (Å²) >= 11 is 6.02. The highest BCUT2D eigenvalue weighted by molar-refractivity contribution is 7.92. The van der Waals surface area contributed by atoms with E-state index < -0.39 is 10.0 Å². The number of carbonyl (C=O) groups excluding carboxylic acids is 1. The summed E-state index contributed by atoms with van der Waals surface area (Å²) in [5.41, 5.74) is 1.85. The number of benzene rings is 2. The number of sulfonamides is 1. The molecule has 5 nitrogen and oxygen atoms in total. The lowest BCUT2D eigenvalue weighted by molar-refractivity contribution is -0.140. The van der Waals surface area contributed by atoms with E-state index in [1.165, 1.54) is 7.11 Å². The van der Waals surface area contributed by atoms with Crippen LogP contribution in [0.4, 0.5) is 5.69 Å². The summed E-state index contributed by atoms with van der Waals surface area (Å²) in [6.07, 6.45) is 2.35. The molecule has 0 aliphatic heterocycles. The standard InChI is InChI=1S/C21H22ClNO4S/c1-3-6-16-9-12-19(13-10-16)28(25,26)23-20-14-11-18(22)15-17(20)7-4-5-8-21(24)27-2/h9-15,23H,3,5-6,8H2,1-2H3.